The van der Waals surface area contributed by atoms with Crippen molar-refractivity contribution in [2.24, 2.45) is 5.92 Å². The Bertz CT molecular complexity index is 927. The lowest BCUT2D eigenvalue weighted by atomic mass is 9.96. The third-order valence-corrected chi connectivity index (χ3v) is 5.56. The monoisotopic (exact) mass is 473 g/mol. The first-order valence-corrected chi connectivity index (χ1v) is 11.8. The highest BCUT2D eigenvalue weighted by Gasteiger charge is 2.27. The third kappa shape index (κ3) is 8.04. The van der Waals surface area contributed by atoms with Crippen molar-refractivity contribution in [1.29, 1.82) is 0 Å². The average Bonchev–Trinajstić information content (AvgIpc) is 2.79. The molecule has 9 heteroatoms. The molecule has 1 unspecified atom stereocenters. The summed E-state index contributed by atoms with van der Waals surface area (Å²) in [6.07, 6.45) is 3.04. The summed E-state index contributed by atoms with van der Waals surface area (Å²) in [5.41, 5.74) is -0.474. The number of nitrogens with zero attached hydrogens (tertiary/aromatic N) is 4. The van der Waals surface area contributed by atoms with Crippen LogP contribution in [0.25, 0.3) is 0 Å². The van der Waals surface area contributed by atoms with Crippen LogP contribution in [0.4, 0.5) is 20.8 Å². The maximum atomic E-state index is 13.0. The van der Waals surface area contributed by atoms with Gasteiger partial charge in [-0.1, -0.05) is 0 Å². The molecule has 1 N–H and O–H groups in total. The van der Waals surface area contributed by atoms with Crippen molar-refractivity contribution in [2.45, 2.75) is 52.2 Å². The molecule has 2 heterocycles. The Hall–Kier alpha value is -3.10. The van der Waals surface area contributed by atoms with Crippen LogP contribution in [0.15, 0.2) is 36.7 Å². The summed E-state index contributed by atoms with van der Waals surface area (Å²) >= 11 is 0. The van der Waals surface area contributed by atoms with Crippen LogP contribution in [-0.4, -0.2) is 65.9 Å². The van der Waals surface area contributed by atoms with E-state index in [1.165, 1.54) is 12.1 Å². The first-order chi connectivity index (χ1) is 16.1. The van der Waals surface area contributed by atoms with E-state index in [-0.39, 0.29) is 18.0 Å². The third-order valence-electron chi connectivity index (χ3n) is 5.56. The van der Waals surface area contributed by atoms with E-state index in [0.29, 0.717) is 37.1 Å². The molecule has 1 amide bonds. The van der Waals surface area contributed by atoms with E-state index in [1.807, 2.05) is 40.8 Å². The normalized spacial score (nSPS) is 15.5. The van der Waals surface area contributed by atoms with Gasteiger partial charge in [-0.15, -0.1) is 0 Å². The largest absolute Gasteiger partial charge is 0.489 e. The van der Waals surface area contributed by atoms with Crippen molar-refractivity contribution < 1.29 is 18.7 Å². The van der Waals surface area contributed by atoms with Crippen molar-refractivity contribution in [3.05, 3.63) is 42.5 Å². The maximum absolute atomic E-state index is 13.0. The Balaban J connectivity index is 1.45. The number of amides is 1. The molecule has 1 aliphatic heterocycles. The fourth-order valence-corrected chi connectivity index (χ4v) is 3.79. The van der Waals surface area contributed by atoms with Gasteiger partial charge < -0.3 is 24.6 Å². The van der Waals surface area contributed by atoms with E-state index in [2.05, 4.69) is 20.2 Å². The molecule has 8 nitrogen and oxygen atoms in total. The molecule has 34 heavy (non-hydrogen) atoms. The van der Waals surface area contributed by atoms with Crippen LogP contribution in [0.3, 0.4) is 0 Å². The fourth-order valence-electron chi connectivity index (χ4n) is 3.79. The molecular weight excluding hydrogens is 437 g/mol. The number of ether oxygens (including phenoxy) is 2. The summed E-state index contributed by atoms with van der Waals surface area (Å²) < 4.78 is 24.3. The predicted octanol–water partition coefficient (Wildman–Crippen LogP) is 4.58. The Morgan fingerprint density at radius 3 is 2.56 bits per heavy atom. The Kier molecular flexibility index (Phi) is 8.52. The van der Waals surface area contributed by atoms with Gasteiger partial charge in [-0.25, -0.2) is 19.2 Å². The summed E-state index contributed by atoms with van der Waals surface area (Å²) in [5, 5.41) is 3.28. The number of carbonyl (C=O) groups excluding carboxylic acids is 1. The van der Waals surface area contributed by atoms with Crippen molar-refractivity contribution >= 4 is 17.7 Å². The van der Waals surface area contributed by atoms with Gasteiger partial charge in [-0.3, -0.25) is 0 Å². The smallest absolute Gasteiger partial charge is 0.410 e. The van der Waals surface area contributed by atoms with E-state index < -0.39 is 5.60 Å². The summed E-state index contributed by atoms with van der Waals surface area (Å²) in [7, 11) is 2.02. The van der Waals surface area contributed by atoms with E-state index >= 15 is 0 Å². The minimum atomic E-state index is -0.474. The number of benzene rings is 1. The lowest BCUT2D eigenvalue weighted by Crippen LogP contribution is -2.43. The molecule has 0 bridgehead atoms. The Morgan fingerprint density at radius 2 is 1.91 bits per heavy atom. The van der Waals surface area contributed by atoms with Crippen molar-refractivity contribution in [3.8, 4) is 5.75 Å². The number of aromatic nitrogens is 2. The molecule has 0 aliphatic carbocycles. The minimum absolute atomic E-state index is 0.128. The van der Waals surface area contributed by atoms with Gasteiger partial charge in [-0.05, 0) is 70.7 Å². The molecule has 0 saturated carbocycles. The number of hydrogen-bond acceptors (Lipinski definition) is 7. The summed E-state index contributed by atoms with van der Waals surface area (Å²) in [4.78, 5) is 24.9. The van der Waals surface area contributed by atoms with Crippen LogP contribution in [0.5, 0.6) is 5.75 Å². The summed E-state index contributed by atoms with van der Waals surface area (Å²) in [6.45, 7) is 10.4. The van der Waals surface area contributed by atoms with Gasteiger partial charge in [0.1, 0.15) is 41.2 Å². The van der Waals surface area contributed by atoms with Crippen LogP contribution >= 0.6 is 0 Å². The zero-order valence-corrected chi connectivity index (χ0v) is 20.8. The number of halogens is 1. The molecule has 1 atom stereocenters. The summed E-state index contributed by atoms with van der Waals surface area (Å²) in [5.74, 6) is 2.35. The number of anilines is 2. The van der Waals surface area contributed by atoms with Gasteiger partial charge in [0.15, 0.2) is 0 Å². The zero-order chi connectivity index (χ0) is 24.7. The van der Waals surface area contributed by atoms with Crippen LogP contribution in [0.1, 0.15) is 40.5 Å². The topological polar surface area (TPSA) is 79.8 Å². The number of carbonyl (C=O) groups is 1. The van der Waals surface area contributed by atoms with Gasteiger partial charge in [0.2, 0.25) is 0 Å². The predicted molar refractivity (Wildman–Crippen MR) is 131 cm³/mol. The summed E-state index contributed by atoms with van der Waals surface area (Å²) in [6, 6.07) is 7.90. The minimum Gasteiger partial charge on any atom is -0.489 e. The molecule has 1 fully saturated rings. The quantitative estimate of drug-likeness (QED) is 0.601. The number of piperidine rings is 1. The average molecular weight is 474 g/mol. The molecule has 1 aromatic carbocycles. The number of nitrogens with one attached hydrogen (secondary N) is 1. The van der Waals surface area contributed by atoms with Crippen molar-refractivity contribution in [3.63, 3.8) is 0 Å². The Morgan fingerprint density at radius 1 is 1.24 bits per heavy atom. The van der Waals surface area contributed by atoms with Gasteiger partial charge in [0.05, 0.1) is 6.54 Å². The Labute approximate surface area is 201 Å². The second-order valence-corrected chi connectivity index (χ2v) is 9.82. The van der Waals surface area contributed by atoms with Gasteiger partial charge >= 0.3 is 6.09 Å². The molecular formula is C25H36FN5O3. The number of likely N-dealkylation sites (tertiary alicyclic amines) is 1. The molecule has 0 radical (unpaired) electrons. The van der Waals surface area contributed by atoms with E-state index in [0.717, 1.165) is 25.2 Å². The molecule has 186 valence electrons. The first-order valence-electron chi connectivity index (χ1n) is 11.8. The molecule has 1 aromatic heterocycles. The molecule has 1 saturated heterocycles. The van der Waals surface area contributed by atoms with E-state index in [1.54, 1.807) is 23.4 Å². The van der Waals surface area contributed by atoms with E-state index in [9.17, 15) is 9.18 Å². The molecule has 0 spiro atoms. The standard InChI is InChI=1S/C25H36FN5O3/c1-18(33-21-8-6-20(26)7-9-21)15-27-22-14-23(29-17-28-22)30(5)16-19-10-12-31(13-11-19)24(32)34-25(2,3)4/h6-9,14,17-19H,10-13,15-16H2,1-5H3,(H,27,28,29). The second kappa shape index (κ2) is 11.4. The zero-order valence-electron chi connectivity index (χ0n) is 20.8. The van der Waals surface area contributed by atoms with Crippen LogP contribution < -0.4 is 15.0 Å². The fraction of sp³-hybridized carbons (Fsp3) is 0.560. The highest BCUT2D eigenvalue weighted by atomic mass is 19.1. The van der Waals surface area contributed by atoms with Crippen LogP contribution in [0.2, 0.25) is 0 Å². The van der Waals surface area contributed by atoms with E-state index in [4.69, 9.17) is 9.47 Å². The van der Waals surface area contributed by atoms with Crippen molar-refractivity contribution in [2.75, 3.05) is 43.4 Å². The highest BCUT2D eigenvalue weighted by Crippen LogP contribution is 2.23. The SMILES string of the molecule is CC(CNc1cc(N(C)CC2CCN(C(=O)OC(C)(C)C)CC2)ncn1)Oc1ccc(F)cc1. The van der Waals surface area contributed by atoms with Crippen molar-refractivity contribution in [1.82, 2.24) is 14.9 Å². The lowest BCUT2D eigenvalue weighted by Gasteiger charge is -2.35. The van der Waals surface area contributed by atoms with Gasteiger partial charge in [0.25, 0.3) is 0 Å². The highest BCUT2D eigenvalue weighted by molar-refractivity contribution is 5.68. The molecule has 1 aliphatic rings. The lowest BCUT2D eigenvalue weighted by molar-refractivity contribution is 0.0186. The number of rotatable bonds is 8. The molecule has 3 rings (SSSR count). The number of hydrogen-bond donors (Lipinski definition) is 1. The van der Waals surface area contributed by atoms with Gasteiger partial charge in [-0.2, -0.15) is 0 Å². The molecule has 2 aromatic rings. The van der Waals surface area contributed by atoms with Gasteiger partial charge in [0, 0.05) is 32.7 Å². The van der Waals surface area contributed by atoms with Crippen LogP contribution in [-0.2, 0) is 4.74 Å². The van der Waals surface area contributed by atoms with Crippen LogP contribution in [0, 0.1) is 11.7 Å². The first kappa shape index (κ1) is 25.5. The second-order valence-electron chi connectivity index (χ2n) is 9.82. The maximum Gasteiger partial charge on any atom is 0.410 e.